The zero-order chi connectivity index (χ0) is 12.7. The van der Waals surface area contributed by atoms with Gasteiger partial charge in [-0.2, -0.15) is 0 Å². The zero-order valence-corrected chi connectivity index (χ0v) is 11.0. The van der Waals surface area contributed by atoms with Crippen LogP contribution in [0.4, 0.5) is 0 Å². The molecule has 0 amide bonds. The molecular formula is C11H16ClNO3S. The zero-order valence-electron chi connectivity index (χ0n) is 9.39. The molecule has 0 atom stereocenters. The Kier molecular flexibility index (Phi) is 5.91. The highest BCUT2D eigenvalue weighted by Crippen LogP contribution is 2.15. The van der Waals surface area contributed by atoms with Crippen LogP contribution in [0.3, 0.4) is 0 Å². The van der Waals surface area contributed by atoms with E-state index in [4.69, 9.17) is 16.7 Å². The summed E-state index contributed by atoms with van der Waals surface area (Å²) in [5.41, 5.74) is 0. The molecule has 0 radical (unpaired) electrons. The van der Waals surface area contributed by atoms with Gasteiger partial charge in [0.25, 0.3) is 0 Å². The fourth-order valence-corrected chi connectivity index (χ4v) is 2.71. The van der Waals surface area contributed by atoms with E-state index in [9.17, 15) is 8.42 Å². The van der Waals surface area contributed by atoms with Gasteiger partial charge in [-0.05, 0) is 37.5 Å². The van der Waals surface area contributed by atoms with Crippen LogP contribution in [0.5, 0.6) is 0 Å². The number of unbranched alkanes of at least 4 members (excludes halogenated alkanes) is 2. The molecule has 0 fully saturated rings. The van der Waals surface area contributed by atoms with Gasteiger partial charge in [-0.25, -0.2) is 13.1 Å². The van der Waals surface area contributed by atoms with Gasteiger partial charge >= 0.3 is 0 Å². The third kappa shape index (κ3) is 5.04. The summed E-state index contributed by atoms with van der Waals surface area (Å²) >= 11 is 5.73. The number of aliphatic hydroxyl groups excluding tert-OH is 1. The van der Waals surface area contributed by atoms with Crippen molar-refractivity contribution in [1.82, 2.24) is 4.72 Å². The molecule has 0 saturated carbocycles. The molecule has 1 rings (SSSR count). The standard InChI is InChI=1S/C11H16ClNO3S/c12-10-5-4-6-11(9-10)17(15,16)13-7-2-1-3-8-14/h4-6,9,13-14H,1-3,7-8H2. The quantitative estimate of drug-likeness (QED) is 0.747. The number of sulfonamides is 1. The van der Waals surface area contributed by atoms with E-state index in [1.165, 1.54) is 12.1 Å². The van der Waals surface area contributed by atoms with Crippen LogP contribution in [0.2, 0.25) is 5.02 Å². The molecule has 0 heterocycles. The Morgan fingerprint density at radius 1 is 1.24 bits per heavy atom. The molecule has 0 saturated heterocycles. The summed E-state index contributed by atoms with van der Waals surface area (Å²) in [6, 6.07) is 6.14. The first-order chi connectivity index (χ1) is 8.06. The van der Waals surface area contributed by atoms with Gasteiger partial charge in [-0.15, -0.1) is 0 Å². The molecule has 0 bridgehead atoms. The van der Waals surface area contributed by atoms with Gasteiger partial charge in [0.15, 0.2) is 0 Å². The largest absolute Gasteiger partial charge is 0.396 e. The van der Waals surface area contributed by atoms with Crippen molar-refractivity contribution >= 4 is 21.6 Å². The summed E-state index contributed by atoms with van der Waals surface area (Å²) in [4.78, 5) is 0.173. The van der Waals surface area contributed by atoms with E-state index in [-0.39, 0.29) is 11.5 Å². The van der Waals surface area contributed by atoms with Crippen molar-refractivity contribution in [2.75, 3.05) is 13.2 Å². The Balaban J connectivity index is 2.51. The lowest BCUT2D eigenvalue weighted by Gasteiger charge is -2.06. The number of hydrogen-bond acceptors (Lipinski definition) is 3. The van der Waals surface area contributed by atoms with Crippen LogP contribution in [0.1, 0.15) is 19.3 Å². The fraction of sp³-hybridized carbons (Fsp3) is 0.455. The second-order valence-electron chi connectivity index (χ2n) is 3.64. The maximum atomic E-state index is 11.8. The van der Waals surface area contributed by atoms with E-state index in [0.29, 0.717) is 24.4 Å². The van der Waals surface area contributed by atoms with E-state index in [2.05, 4.69) is 4.72 Å². The molecule has 0 aromatic heterocycles. The Morgan fingerprint density at radius 2 is 2.00 bits per heavy atom. The van der Waals surface area contributed by atoms with Gasteiger partial charge < -0.3 is 5.11 Å². The van der Waals surface area contributed by atoms with Gasteiger partial charge in [0, 0.05) is 18.2 Å². The second-order valence-corrected chi connectivity index (χ2v) is 5.84. The highest BCUT2D eigenvalue weighted by Gasteiger charge is 2.12. The molecule has 2 N–H and O–H groups in total. The molecule has 17 heavy (non-hydrogen) atoms. The van der Waals surface area contributed by atoms with Crippen LogP contribution >= 0.6 is 11.6 Å². The fourth-order valence-electron chi connectivity index (χ4n) is 1.34. The van der Waals surface area contributed by atoms with Gasteiger partial charge in [-0.1, -0.05) is 17.7 Å². The van der Waals surface area contributed by atoms with Crippen molar-refractivity contribution in [1.29, 1.82) is 0 Å². The molecule has 0 aliphatic heterocycles. The highest BCUT2D eigenvalue weighted by atomic mass is 35.5. The number of aliphatic hydroxyl groups is 1. The van der Waals surface area contributed by atoms with Crippen LogP contribution in [0.15, 0.2) is 29.2 Å². The molecule has 0 spiro atoms. The summed E-state index contributed by atoms with van der Waals surface area (Å²) in [5, 5.41) is 8.98. The lowest BCUT2D eigenvalue weighted by molar-refractivity contribution is 0.283. The molecule has 0 aliphatic carbocycles. The number of benzene rings is 1. The lowest BCUT2D eigenvalue weighted by Crippen LogP contribution is -2.24. The number of nitrogens with one attached hydrogen (secondary N) is 1. The smallest absolute Gasteiger partial charge is 0.240 e. The van der Waals surface area contributed by atoms with E-state index >= 15 is 0 Å². The molecule has 0 unspecified atom stereocenters. The van der Waals surface area contributed by atoms with Crippen molar-refractivity contribution < 1.29 is 13.5 Å². The van der Waals surface area contributed by atoms with E-state index in [1.54, 1.807) is 12.1 Å². The Labute approximate surface area is 107 Å². The van der Waals surface area contributed by atoms with Crippen molar-refractivity contribution in [3.05, 3.63) is 29.3 Å². The van der Waals surface area contributed by atoms with Crippen LogP contribution in [0.25, 0.3) is 0 Å². The minimum absolute atomic E-state index is 0.140. The van der Waals surface area contributed by atoms with Crippen LogP contribution in [0, 0.1) is 0 Å². The SMILES string of the molecule is O=S(=O)(NCCCCCO)c1cccc(Cl)c1. The maximum Gasteiger partial charge on any atom is 0.240 e. The predicted octanol–water partition coefficient (Wildman–Crippen LogP) is 1.78. The lowest BCUT2D eigenvalue weighted by atomic mass is 10.2. The second kappa shape index (κ2) is 6.96. The predicted molar refractivity (Wildman–Crippen MR) is 67.6 cm³/mol. The molecule has 96 valence electrons. The average Bonchev–Trinajstić information content (AvgIpc) is 2.29. The van der Waals surface area contributed by atoms with E-state index in [1.807, 2.05) is 0 Å². The monoisotopic (exact) mass is 277 g/mol. The number of halogens is 1. The van der Waals surface area contributed by atoms with Crippen molar-refractivity contribution in [2.45, 2.75) is 24.2 Å². The minimum atomic E-state index is -3.47. The molecule has 1 aromatic rings. The first kappa shape index (κ1) is 14.4. The van der Waals surface area contributed by atoms with Crippen molar-refractivity contribution in [3.8, 4) is 0 Å². The van der Waals surface area contributed by atoms with Crippen molar-refractivity contribution in [3.63, 3.8) is 0 Å². The molecule has 6 heteroatoms. The maximum absolute atomic E-state index is 11.8. The third-order valence-electron chi connectivity index (χ3n) is 2.23. The van der Waals surface area contributed by atoms with Gasteiger partial charge in [-0.3, -0.25) is 0 Å². The molecule has 0 aliphatic rings. The molecular weight excluding hydrogens is 262 g/mol. The first-order valence-electron chi connectivity index (χ1n) is 5.42. The van der Waals surface area contributed by atoms with Crippen molar-refractivity contribution in [2.24, 2.45) is 0 Å². The Bertz CT molecular complexity index is 448. The van der Waals surface area contributed by atoms with Crippen LogP contribution in [-0.4, -0.2) is 26.7 Å². The summed E-state index contributed by atoms with van der Waals surface area (Å²) in [5.74, 6) is 0. The molecule has 4 nitrogen and oxygen atoms in total. The van der Waals surface area contributed by atoms with Crippen LogP contribution in [-0.2, 0) is 10.0 Å². The van der Waals surface area contributed by atoms with Gasteiger partial charge in [0.2, 0.25) is 10.0 Å². The van der Waals surface area contributed by atoms with E-state index < -0.39 is 10.0 Å². The number of hydrogen-bond donors (Lipinski definition) is 2. The topological polar surface area (TPSA) is 66.4 Å². The Morgan fingerprint density at radius 3 is 2.65 bits per heavy atom. The minimum Gasteiger partial charge on any atom is -0.396 e. The summed E-state index contributed by atoms with van der Waals surface area (Å²) < 4.78 is 26.1. The normalized spacial score (nSPS) is 11.6. The summed E-state index contributed by atoms with van der Waals surface area (Å²) in [6.07, 6.45) is 2.20. The van der Waals surface area contributed by atoms with E-state index in [0.717, 1.165) is 6.42 Å². The molecule has 1 aromatic carbocycles. The average molecular weight is 278 g/mol. The summed E-state index contributed by atoms with van der Waals surface area (Å²) in [6.45, 7) is 0.510. The highest BCUT2D eigenvalue weighted by molar-refractivity contribution is 7.89. The summed E-state index contributed by atoms with van der Waals surface area (Å²) in [7, 11) is -3.47. The Hall–Kier alpha value is -0.620. The number of rotatable bonds is 7. The third-order valence-corrected chi connectivity index (χ3v) is 3.93. The first-order valence-corrected chi connectivity index (χ1v) is 7.28. The van der Waals surface area contributed by atoms with Gasteiger partial charge in [0.1, 0.15) is 0 Å². The van der Waals surface area contributed by atoms with Gasteiger partial charge in [0.05, 0.1) is 4.90 Å². The van der Waals surface area contributed by atoms with Crippen LogP contribution < -0.4 is 4.72 Å².